The van der Waals surface area contributed by atoms with E-state index in [1.54, 1.807) is 0 Å². The van der Waals surface area contributed by atoms with Gasteiger partial charge in [-0.1, -0.05) is 68.4 Å². The predicted molar refractivity (Wildman–Crippen MR) is 137 cm³/mol. The molecule has 1 aromatic heterocycles. The van der Waals surface area contributed by atoms with Gasteiger partial charge in [0, 0.05) is 13.0 Å². The van der Waals surface area contributed by atoms with Gasteiger partial charge in [-0.3, -0.25) is 4.79 Å². The SMILES string of the molecule is Cc1ccccc1CC(=O)NCCc1nc2ccccc2n1CCOc1ccccc1C(C)C. The second kappa shape index (κ2) is 11.0. The lowest BCUT2D eigenvalue weighted by Crippen LogP contribution is -2.28. The predicted octanol–water partition coefficient (Wildman–Crippen LogP) is 5.45. The number of amides is 1. The summed E-state index contributed by atoms with van der Waals surface area (Å²) in [6, 6.07) is 24.4. The van der Waals surface area contributed by atoms with Gasteiger partial charge >= 0.3 is 0 Å². The van der Waals surface area contributed by atoms with Crippen molar-refractivity contribution in [1.82, 2.24) is 14.9 Å². The first kappa shape index (κ1) is 23.6. The Morgan fingerprint density at radius 3 is 2.56 bits per heavy atom. The highest BCUT2D eigenvalue weighted by Gasteiger charge is 2.13. The first-order chi connectivity index (χ1) is 16.5. The molecule has 3 aromatic carbocycles. The van der Waals surface area contributed by atoms with Crippen molar-refractivity contribution >= 4 is 16.9 Å². The van der Waals surface area contributed by atoms with Gasteiger partial charge in [-0.15, -0.1) is 0 Å². The Bertz CT molecular complexity index is 1260. The van der Waals surface area contributed by atoms with Crippen LogP contribution in [0.1, 0.15) is 42.3 Å². The Balaban J connectivity index is 1.40. The largest absolute Gasteiger partial charge is 0.491 e. The van der Waals surface area contributed by atoms with E-state index in [1.165, 1.54) is 5.56 Å². The smallest absolute Gasteiger partial charge is 0.224 e. The topological polar surface area (TPSA) is 56.2 Å². The minimum Gasteiger partial charge on any atom is -0.491 e. The van der Waals surface area contributed by atoms with Crippen LogP contribution in [0, 0.1) is 6.92 Å². The standard InChI is InChI=1S/C29H33N3O2/c1-21(2)24-12-6-9-15-27(24)34-19-18-32-26-14-8-7-13-25(26)31-28(32)16-17-30-29(33)20-23-11-5-4-10-22(23)3/h4-15,21H,16-20H2,1-3H3,(H,30,33). The summed E-state index contributed by atoms with van der Waals surface area (Å²) >= 11 is 0. The number of carbonyl (C=O) groups excluding carboxylic acids is 1. The average molecular weight is 456 g/mol. The van der Waals surface area contributed by atoms with Gasteiger partial charge in [-0.05, 0) is 47.7 Å². The lowest BCUT2D eigenvalue weighted by molar-refractivity contribution is -0.120. The molecule has 176 valence electrons. The molecule has 0 aliphatic rings. The fraction of sp³-hybridized carbons (Fsp3) is 0.310. The maximum Gasteiger partial charge on any atom is 0.224 e. The number of hydrogen-bond acceptors (Lipinski definition) is 3. The third kappa shape index (κ3) is 5.66. The number of fused-ring (bicyclic) bond motifs is 1. The van der Waals surface area contributed by atoms with Crippen molar-refractivity contribution < 1.29 is 9.53 Å². The average Bonchev–Trinajstić information content (AvgIpc) is 3.18. The monoisotopic (exact) mass is 455 g/mol. The van der Waals surface area contributed by atoms with Gasteiger partial charge in [-0.25, -0.2) is 4.98 Å². The molecule has 34 heavy (non-hydrogen) atoms. The van der Waals surface area contributed by atoms with Crippen molar-refractivity contribution in [1.29, 1.82) is 0 Å². The van der Waals surface area contributed by atoms with E-state index in [2.05, 4.69) is 41.9 Å². The van der Waals surface area contributed by atoms with Crippen molar-refractivity contribution in [3.05, 3.63) is 95.3 Å². The summed E-state index contributed by atoms with van der Waals surface area (Å²) in [6.07, 6.45) is 1.06. The molecule has 1 N–H and O–H groups in total. The van der Waals surface area contributed by atoms with Crippen LogP contribution in [0.15, 0.2) is 72.8 Å². The molecule has 0 aliphatic heterocycles. The second-order valence-electron chi connectivity index (χ2n) is 8.91. The zero-order valence-electron chi connectivity index (χ0n) is 20.3. The molecule has 4 aromatic rings. The Labute approximate surface area is 201 Å². The number of aryl methyl sites for hydroxylation is 1. The van der Waals surface area contributed by atoms with Gasteiger partial charge in [0.25, 0.3) is 0 Å². The minimum atomic E-state index is 0.0330. The van der Waals surface area contributed by atoms with E-state index in [4.69, 9.17) is 9.72 Å². The Morgan fingerprint density at radius 2 is 1.74 bits per heavy atom. The lowest BCUT2D eigenvalue weighted by atomic mass is 10.0. The second-order valence-corrected chi connectivity index (χ2v) is 8.91. The molecule has 0 radical (unpaired) electrons. The van der Waals surface area contributed by atoms with Gasteiger partial charge in [-0.2, -0.15) is 0 Å². The zero-order chi connectivity index (χ0) is 23.9. The molecule has 5 heteroatoms. The fourth-order valence-electron chi connectivity index (χ4n) is 4.26. The van der Waals surface area contributed by atoms with E-state index < -0.39 is 0 Å². The highest BCUT2D eigenvalue weighted by molar-refractivity contribution is 5.79. The van der Waals surface area contributed by atoms with E-state index in [0.29, 0.717) is 38.5 Å². The minimum absolute atomic E-state index is 0.0330. The lowest BCUT2D eigenvalue weighted by Gasteiger charge is -2.15. The third-order valence-electron chi connectivity index (χ3n) is 6.13. The molecule has 0 saturated carbocycles. The maximum atomic E-state index is 12.5. The van der Waals surface area contributed by atoms with Crippen LogP contribution in [0.25, 0.3) is 11.0 Å². The molecule has 0 aliphatic carbocycles. The number of hydrogen-bond donors (Lipinski definition) is 1. The molecule has 0 fully saturated rings. The van der Waals surface area contributed by atoms with Gasteiger partial charge in [0.2, 0.25) is 5.91 Å². The number of rotatable bonds is 10. The Hall–Kier alpha value is -3.60. The van der Waals surface area contributed by atoms with Crippen LogP contribution in [0.4, 0.5) is 0 Å². The molecule has 1 heterocycles. The van der Waals surface area contributed by atoms with Crippen LogP contribution in [-0.4, -0.2) is 28.6 Å². The van der Waals surface area contributed by atoms with Crippen LogP contribution in [0.2, 0.25) is 0 Å². The van der Waals surface area contributed by atoms with E-state index in [-0.39, 0.29) is 5.91 Å². The normalized spacial score (nSPS) is 11.2. The number of imidazole rings is 1. The zero-order valence-corrected chi connectivity index (χ0v) is 20.3. The third-order valence-corrected chi connectivity index (χ3v) is 6.13. The summed E-state index contributed by atoms with van der Waals surface area (Å²) in [6.45, 7) is 8.18. The van der Waals surface area contributed by atoms with Gasteiger partial charge in [0.1, 0.15) is 18.2 Å². The van der Waals surface area contributed by atoms with E-state index in [0.717, 1.165) is 33.7 Å². The van der Waals surface area contributed by atoms with E-state index in [1.807, 2.05) is 61.5 Å². The van der Waals surface area contributed by atoms with Gasteiger partial charge in [0.05, 0.1) is 24.0 Å². The van der Waals surface area contributed by atoms with Crippen molar-refractivity contribution in [2.24, 2.45) is 0 Å². The number of nitrogens with one attached hydrogen (secondary N) is 1. The molecule has 0 bridgehead atoms. The van der Waals surface area contributed by atoms with Crippen LogP contribution >= 0.6 is 0 Å². The molecule has 0 saturated heterocycles. The number of aromatic nitrogens is 2. The molecule has 0 atom stereocenters. The Kier molecular flexibility index (Phi) is 7.63. The molecular weight excluding hydrogens is 422 g/mol. The molecule has 0 unspecified atom stereocenters. The van der Waals surface area contributed by atoms with E-state index >= 15 is 0 Å². The molecule has 0 spiro atoms. The Morgan fingerprint density at radius 1 is 1.00 bits per heavy atom. The first-order valence-electron chi connectivity index (χ1n) is 12.0. The number of para-hydroxylation sites is 3. The van der Waals surface area contributed by atoms with Gasteiger partial charge in [0.15, 0.2) is 0 Å². The van der Waals surface area contributed by atoms with Crippen LogP contribution < -0.4 is 10.1 Å². The summed E-state index contributed by atoms with van der Waals surface area (Å²) in [7, 11) is 0. The van der Waals surface area contributed by atoms with Crippen LogP contribution in [-0.2, 0) is 24.2 Å². The van der Waals surface area contributed by atoms with Crippen molar-refractivity contribution in [3.8, 4) is 5.75 Å². The quantitative estimate of drug-likeness (QED) is 0.346. The number of benzene rings is 3. The molecule has 4 rings (SSSR count). The summed E-state index contributed by atoms with van der Waals surface area (Å²) in [5, 5.41) is 3.06. The highest BCUT2D eigenvalue weighted by Crippen LogP contribution is 2.26. The summed E-state index contributed by atoms with van der Waals surface area (Å²) in [5.41, 5.74) is 5.47. The summed E-state index contributed by atoms with van der Waals surface area (Å²) in [5.74, 6) is 2.33. The van der Waals surface area contributed by atoms with Crippen LogP contribution in [0.5, 0.6) is 5.75 Å². The summed E-state index contributed by atoms with van der Waals surface area (Å²) in [4.78, 5) is 17.3. The maximum absolute atomic E-state index is 12.5. The highest BCUT2D eigenvalue weighted by atomic mass is 16.5. The van der Waals surface area contributed by atoms with Gasteiger partial charge < -0.3 is 14.6 Å². The van der Waals surface area contributed by atoms with Crippen molar-refractivity contribution in [2.75, 3.05) is 13.2 Å². The number of ether oxygens (including phenoxy) is 1. The number of nitrogens with zero attached hydrogens (tertiary/aromatic N) is 2. The van der Waals surface area contributed by atoms with Crippen molar-refractivity contribution in [3.63, 3.8) is 0 Å². The summed E-state index contributed by atoms with van der Waals surface area (Å²) < 4.78 is 8.39. The molecular formula is C29H33N3O2. The molecule has 5 nitrogen and oxygen atoms in total. The first-order valence-corrected chi connectivity index (χ1v) is 12.0. The van der Waals surface area contributed by atoms with E-state index in [9.17, 15) is 4.79 Å². The molecule has 1 amide bonds. The number of carbonyl (C=O) groups is 1. The fourth-order valence-corrected chi connectivity index (χ4v) is 4.26. The van der Waals surface area contributed by atoms with Crippen molar-refractivity contribution in [2.45, 2.75) is 46.1 Å². The van der Waals surface area contributed by atoms with Crippen LogP contribution in [0.3, 0.4) is 0 Å².